The molecule has 0 aromatic heterocycles. The number of rotatable bonds is 7. The van der Waals surface area contributed by atoms with Crippen LogP contribution in [-0.4, -0.2) is 93.4 Å². The molecule has 1 aromatic rings. The highest BCUT2D eigenvalue weighted by Gasteiger charge is 2.33. The van der Waals surface area contributed by atoms with Crippen LogP contribution in [0.2, 0.25) is 0 Å². The van der Waals surface area contributed by atoms with Crippen LogP contribution in [0.15, 0.2) is 24.3 Å². The Bertz CT molecular complexity index is 689. The minimum absolute atomic E-state index is 0.168. The van der Waals surface area contributed by atoms with Crippen molar-refractivity contribution in [3.05, 3.63) is 24.3 Å². The molecule has 0 radical (unpaired) electrons. The third-order valence-corrected chi connectivity index (χ3v) is 6.85. The number of ether oxygens (including phenoxy) is 2. The number of hydrogen-bond acceptors (Lipinski definition) is 7. The molecule has 8 heteroatoms. The lowest BCUT2D eigenvalue weighted by atomic mass is 10.2. The Labute approximate surface area is 155 Å². The van der Waals surface area contributed by atoms with Crippen LogP contribution in [0.1, 0.15) is 6.42 Å². The second kappa shape index (κ2) is 8.56. The number of β-amino-alcohol motifs (C(OH)–C–C–N with tert-alkyl or cyclic N) is 1. The second-order valence-electron chi connectivity index (χ2n) is 7.01. The van der Waals surface area contributed by atoms with Crippen molar-refractivity contribution in [1.29, 1.82) is 0 Å². The maximum atomic E-state index is 11.6. The van der Waals surface area contributed by atoms with Gasteiger partial charge in [0.2, 0.25) is 0 Å². The fourth-order valence-corrected chi connectivity index (χ4v) is 5.41. The van der Waals surface area contributed by atoms with E-state index in [4.69, 9.17) is 9.47 Å². The van der Waals surface area contributed by atoms with Gasteiger partial charge in [-0.05, 0) is 18.6 Å². The highest BCUT2D eigenvalue weighted by molar-refractivity contribution is 7.91. The number of para-hydroxylation sites is 2. The minimum Gasteiger partial charge on any atom is -0.493 e. The standard InChI is InChI=1S/C18H28N2O5S/c1-24-17-4-2-3-5-18(17)25-13-16(21)12-19-7-9-20(10-8-19)15-6-11-26(22,23)14-15/h2-5,15-16,21H,6-14H2,1H3/t15-,16+/m0/s1. The topological polar surface area (TPSA) is 79.3 Å². The van der Waals surface area contributed by atoms with E-state index in [1.54, 1.807) is 7.11 Å². The smallest absolute Gasteiger partial charge is 0.161 e. The molecule has 2 aliphatic rings. The minimum atomic E-state index is -2.84. The van der Waals surface area contributed by atoms with Gasteiger partial charge in [0.1, 0.15) is 12.7 Å². The van der Waals surface area contributed by atoms with Crippen molar-refractivity contribution in [2.45, 2.75) is 18.6 Å². The highest BCUT2D eigenvalue weighted by Crippen LogP contribution is 2.26. The van der Waals surface area contributed by atoms with Gasteiger partial charge in [-0.1, -0.05) is 12.1 Å². The van der Waals surface area contributed by atoms with Crippen LogP contribution in [0.3, 0.4) is 0 Å². The Morgan fingerprint density at radius 1 is 1.19 bits per heavy atom. The number of piperazine rings is 1. The second-order valence-corrected chi connectivity index (χ2v) is 9.24. The molecule has 2 heterocycles. The number of hydrogen-bond donors (Lipinski definition) is 1. The summed E-state index contributed by atoms with van der Waals surface area (Å²) in [6.07, 6.45) is 0.163. The molecule has 1 N–H and O–H groups in total. The van der Waals surface area contributed by atoms with Crippen LogP contribution < -0.4 is 9.47 Å². The normalized spacial score (nSPS) is 25.1. The Morgan fingerprint density at radius 2 is 1.88 bits per heavy atom. The first-order valence-corrected chi connectivity index (χ1v) is 10.9. The average molecular weight is 384 g/mol. The fraction of sp³-hybridized carbons (Fsp3) is 0.667. The van der Waals surface area contributed by atoms with Crippen molar-refractivity contribution < 1.29 is 23.0 Å². The lowest BCUT2D eigenvalue weighted by Gasteiger charge is -2.38. The van der Waals surface area contributed by atoms with Gasteiger partial charge in [-0.3, -0.25) is 9.80 Å². The van der Waals surface area contributed by atoms with E-state index < -0.39 is 15.9 Å². The molecule has 3 rings (SSSR count). The van der Waals surface area contributed by atoms with Crippen molar-refractivity contribution >= 4 is 9.84 Å². The number of aliphatic hydroxyl groups excluding tert-OH is 1. The predicted octanol–water partition coefficient (Wildman–Crippen LogP) is 0.240. The van der Waals surface area contributed by atoms with Gasteiger partial charge in [0.25, 0.3) is 0 Å². The first kappa shape index (κ1) is 19.4. The monoisotopic (exact) mass is 384 g/mol. The SMILES string of the molecule is COc1ccccc1OC[C@H](O)CN1CCN([C@H]2CCS(=O)(=O)C2)CC1. The summed E-state index contributed by atoms with van der Waals surface area (Å²) in [6.45, 7) is 4.12. The third-order valence-electron chi connectivity index (χ3n) is 5.10. The van der Waals surface area contributed by atoms with Crippen molar-refractivity contribution in [2.75, 3.05) is 57.9 Å². The van der Waals surface area contributed by atoms with Gasteiger partial charge >= 0.3 is 0 Å². The van der Waals surface area contributed by atoms with Crippen LogP contribution in [0.25, 0.3) is 0 Å². The molecule has 0 saturated carbocycles. The first-order valence-electron chi connectivity index (χ1n) is 9.07. The quantitative estimate of drug-likeness (QED) is 0.721. The maximum absolute atomic E-state index is 11.6. The van der Waals surface area contributed by atoms with Crippen LogP contribution in [0.5, 0.6) is 11.5 Å². The predicted molar refractivity (Wildman–Crippen MR) is 99.6 cm³/mol. The van der Waals surface area contributed by atoms with Gasteiger partial charge in [0.05, 0.1) is 18.6 Å². The van der Waals surface area contributed by atoms with Gasteiger partial charge in [-0.25, -0.2) is 8.42 Å². The molecule has 0 spiro atoms. The first-order chi connectivity index (χ1) is 12.5. The molecule has 2 aliphatic heterocycles. The Kier molecular flexibility index (Phi) is 6.39. The van der Waals surface area contributed by atoms with Crippen molar-refractivity contribution in [3.8, 4) is 11.5 Å². The lowest BCUT2D eigenvalue weighted by molar-refractivity contribution is 0.0384. The van der Waals surface area contributed by atoms with E-state index >= 15 is 0 Å². The zero-order valence-electron chi connectivity index (χ0n) is 15.2. The zero-order valence-corrected chi connectivity index (χ0v) is 16.0. The summed E-state index contributed by atoms with van der Waals surface area (Å²) in [4.78, 5) is 4.48. The van der Waals surface area contributed by atoms with Crippen LogP contribution in [-0.2, 0) is 9.84 Å². The summed E-state index contributed by atoms with van der Waals surface area (Å²) in [5, 5.41) is 10.3. The van der Waals surface area contributed by atoms with E-state index in [0.29, 0.717) is 29.5 Å². The Hall–Kier alpha value is -1.35. The molecular weight excluding hydrogens is 356 g/mol. The molecule has 1 aromatic carbocycles. The van der Waals surface area contributed by atoms with Crippen LogP contribution in [0.4, 0.5) is 0 Å². The van der Waals surface area contributed by atoms with E-state index in [2.05, 4.69) is 9.80 Å². The molecular formula is C18H28N2O5S. The summed E-state index contributed by atoms with van der Waals surface area (Å²) in [6, 6.07) is 7.55. The number of methoxy groups -OCH3 is 1. The summed E-state index contributed by atoms with van der Waals surface area (Å²) in [5.74, 6) is 1.89. The van der Waals surface area contributed by atoms with E-state index in [1.165, 1.54) is 0 Å². The van der Waals surface area contributed by atoms with E-state index in [0.717, 1.165) is 32.6 Å². The van der Waals surface area contributed by atoms with E-state index in [9.17, 15) is 13.5 Å². The highest BCUT2D eigenvalue weighted by atomic mass is 32.2. The Balaban J connectivity index is 1.40. The molecule has 0 bridgehead atoms. The molecule has 0 unspecified atom stereocenters. The molecule has 0 amide bonds. The largest absolute Gasteiger partial charge is 0.493 e. The zero-order chi connectivity index (χ0) is 18.6. The van der Waals surface area contributed by atoms with Crippen molar-refractivity contribution in [3.63, 3.8) is 0 Å². The molecule has 146 valence electrons. The van der Waals surface area contributed by atoms with Crippen LogP contribution in [0, 0.1) is 0 Å². The van der Waals surface area contributed by atoms with Gasteiger partial charge in [-0.15, -0.1) is 0 Å². The average Bonchev–Trinajstić information content (AvgIpc) is 3.00. The van der Waals surface area contributed by atoms with Crippen molar-refractivity contribution in [2.24, 2.45) is 0 Å². The number of sulfone groups is 1. The molecule has 2 atom stereocenters. The van der Waals surface area contributed by atoms with Gasteiger partial charge < -0.3 is 14.6 Å². The molecule has 2 saturated heterocycles. The molecule has 0 aliphatic carbocycles. The summed E-state index contributed by atoms with van der Waals surface area (Å²) in [7, 11) is -1.25. The van der Waals surface area contributed by atoms with Gasteiger partial charge in [-0.2, -0.15) is 0 Å². The summed E-state index contributed by atoms with van der Waals surface area (Å²) in [5.41, 5.74) is 0. The Morgan fingerprint density at radius 3 is 2.50 bits per heavy atom. The van der Waals surface area contributed by atoms with Gasteiger partial charge in [0, 0.05) is 38.8 Å². The third kappa shape index (κ3) is 5.09. The van der Waals surface area contributed by atoms with Gasteiger partial charge in [0.15, 0.2) is 21.3 Å². The molecule has 26 heavy (non-hydrogen) atoms. The number of benzene rings is 1. The molecule has 7 nitrogen and oxygen atoms in total. The van der Waals surface area contributed by atoms with Crippen molar-refractivity contribution in [1.82, 2.24) is 9.80 Å². The lowest BCUT2D eigenvalue weighted by Crippen LogP contribution is -2.52. The number of nitrogens with zero attached hydrogens (tertiary/aromatic N) is 2. The summed E-state index contributed by atoms with van der Waals surface area (Å²) < 4.78 is 34.2. The van der Waals surface area contributed by atoms with E-state index in [1.807, 2.05) is 24.3 Å². The summed E-state index contributed by atoms with van der Waals surface area (Å²) >= 11 is 0. The van der Waals surface area contributed by atoms with Crippen LogP contribution >= 0.6 is 0 Å². The van der Waals surface area contributed by atoms with E-state index in [-0.39, 0.29) is 12.6 Å². The fourth-order valence-electron chi connectivity index (χ4n) is 3.65. The molecule has 2 fully saturated rings. The maximum Gasteiger partial charge on any atom is 0.161 e. The number of aliphatic hydroxyl groups is 1.